The molecule has 0 fully saturated rings. The highest BCUT2D eigenvalue weighted by atomic mass is 16.2. The highest BCUT2D eigenvalue weighted by molar-refractivity contribution is 5.94. The molecule has 5 heteroatoms. The SMILES string of the molecule is CC[C@@H](C)C(=O)Nc1ccc2c(c1)c(=O)[nH]n2C. The number of nitrogens with one attached hydrogen (secondary N) is 2. The maximum atomic E-state index is 11.8. The Bertz CT molecular complexity index is 639. The van der Waals surface area contributed by atoms with Gasteiger partial charge in [0.1, 0.15) is 0 Å². The molecule has 0 radical (unpaired) electrons. The van der Waals surface area contributed by atoms with Crippen LogP contribution in [0.2, 0.25) is 0 Å². The van der Waals surface area contributed by atoms with Gasteiger partial charge in [0.15, 0.2) is 0 Å². The molecule has 0 unspecified atom stereocenters. The lowest BCUT2D eigenvalue weighted by Crippen LogP contribution is -2.19. The molecule has 2 aromatic rings. The first-order valence-corrected chi connectivity index (χ1v) is 6.02. The van der Waals surface area contributed by atoms with E-state index in [2.05, 4.69) is 10.4 Å². The van der Waals surface area contributed by atoms with Crippen molar-refractivity contribution in [1.82, 2.24) is 9.78 Å². The molecule has 0 aliphatic carbocycles. The van der Waals surface area contributed by atoms with Gasteiger partial charge in [0.25, 0.3) is 5.56 Å². The topological polar surface area (TPSA) is 66.9 Å². The molecule has 1 aromatic heterocycles. The van der Waals surface area contributed by atoms with E-state index in [9.17, 15) is 9.59 Å². The predicted octanol–water partition coefficient (Wildman–Crippen LogP) is 1.85. The normalized spacial score (nSPS) is 12.6. The van der Waals surface area contributed by atoms with Crippen LogP contribution < -0.4 is 10.9 Å². The highest BCUT2D eigenvalue weighted by Gasteiger charge is 2.11. The summed E-state index contributed by atoms with van der Waals surface area (Å²) >= 11 is 0. The highest BCUT2D eigenvalue weighted by Crippen LogP contribution is 2.16. The van der Waals surface area contributed by atoms with Crippen LogP contribution in [-0.2, 0) is 11.8 Å². The van der Waals surface area contributed by atoms with Crippen molar-refractivity contribution in [3.63, 3.8) is 0 Å². The minimum atomic E-state index is -0.146. The second kappa shape index (κ2) is 4.68. The van der Waals surface area contributed by atoms with Crippen LogP contribution in [0.3, 0.4) is 0 Å². The molecule has 5 nitrogen and oxygen atoms in total. The van der Waals surface area contributed by atoms with E-state index < -0.39 is 0 Å². The Morgan fingerprint density at radius 1 is 1.50 bits per heavy atom. The van der Waals surface area contributed by atoms with Crippen LogP contribution in [0.1, 0.15) is 20.3 Å². The second-order valence-corrected chi connectivity index (χ2v) is 4.53. The maximum absolute atomic E-state index is 11.8. The third kappa shape index (κ3) is 2.16. The van der Waals surface area contributed by atoms with Crippen LogP contribution in [0.4, 0.5) is 5.69 Å². The fraction of sp³-hybridized carbons (Fsp3) is 0.385. The molecule has 1 heterocycles. The number of aromatic nitrogens is 2. The zero-order valence-corrected chi connectivity index (χ0v) is 10.8. The van der Waals surface area contributed by atoms with Crippen LogP contribution in [-0.4, -0.2) is 15.7 Å². The monoisotopic (exact) mass is 247 g/mol. The van der Waals surface area contributed by atoms with Crippen LogP contribution in [0.25, 0.3) is 10.9 Å². The van der Waals surface area contributed by atoms with E-state index in [4.69, 9.17) is 0 Å². The standard InChI is InChI=1S/C13H17N3O2/c1-4-8(2)12(17)14-9-5-6-11-10(7-9)13(18)15-16(11)3/h5-8H,4H2,1-3H3,(H,14,17)(H,15,18)/t8-/m1/s1. The summed E-state index contributed by atoms with van der Waals surface area (Å²) in [6.07, 6.45) is 0.792. The average molecular weight is 247 g/mol. The van der Waals surface area contributed by atoms with Gasteiger partial charge in [0, 0.05) is 18.7 Å². The van der Waals surface area contributed by atoms with Crippen molar-refractivity contribution in [3.8, 4) is 0 Å². The zero-order valence-electron chi connectivity index (χ0n) is 10.8. The van der Waals surface area contributed by atoms with E-state index in [1.807, 2.05) is 19.9 Å². The fourth-order valence-corrected chi connectivity index (χ4v) is 1.81. The second-order valence-electron chi connectivity index (χ2n) is 4.53. The van der Waals surface area contributed by atoms with Gasteiger partial charge in [-0.15, -0.1) is 0 Å². The molecular formula is C13H17N3O2. The Morgan fingerprint density at radius 3 is 2.89 bits per heavy atom. The minimum absolute atomic E-state index is 0.0239. The number of amides is 1. The lowest BCUT2D eigenvalue weighted by Gasteiger charge is -2.09. The van der Waals surface area contributed by atoms with E-state index in [0.29, 0.717) is 11.1 Å². The number of hydrogen-bond donors (Lipinski definition) is 2. The van der Waals surface area contributed by atoms with Crippen LogP contribution in [0.15, 0.2) is 23.0 Å². The maximum Gasteiger partial charge on any atom is 0.272 e. The van der Waals surface area contributed by atoms with Crippen molar-refractivity contribution in [2.45, 2.75) is 20.3 Å². The summed E-state index contributed by atoms with van der Waals surface area (Å²) in [4.78, 5) is 23.4. The molecule has 0 saturated heterocycles. The van der Waals surface area contributed by atoms with Gasteiger partial charge in [-0.25, -0.2) is 0 Å². The Labute approximate surface area is 105 Å². The summed E-state index contributed by atoms with van der Waals surface area (Å²) in [7, 11) is 1.78. The quantitative estimate of drug-likeness (QED) is 0.869. The molecule has 1 atom stereocenters. The van der Waals surface area contributed by atoms with Gasteiger partial charge in [0.2, 0.25) is 5.91 Å². The molecule has 2 N–H and O–H groups in total. The van der Waals surface area contributed by atoms with E-state index in [-0.39, 0.29) is 17.4 Å². The zero-order chi connectivity index (χ0) is 13.3. The number of carbonyl (C=O) groups is 1. The van der Waals surface area contributed by atoms with Gasteiger partial charge < -0.3 is 5.32 Å². The van der Waals surface area contributed by atoms with Crippen LogP contribution in [0.5, 0.6) is 0 Å². The predicted molar refractivity (Wildman–Crippen MR) is 71.6 cm³/mol. The van der Waals surface area contributed by atoms with Gasteiger partial charge in [-0.2, -0.15) is 0 Å². The summed E-state index contributed by atoms with van der Waals surface area (Å²) in [6, 6.07) is 5.32. The number of fused-ring (bicyclic) bond motifs is 1. The Kier molecular flexibility index (Phi) is 3.23. The Balaban J connectivity index is 2.33. The van der Waals surface area contributed by atoms with Gasteiger partial charge in [-0.05, 0) is 24.6 Å². The summed E-state index contributed by atoms with van der Waals surface area (Å²) in [5, 5.41) is 6.08. The van der Waals surface area contributed by atoms with Gasteiger partial charge in [-0.1, -0.05) is 13.8 Å². The van der Waals surface area contributed by atoms with Gasteiger partial charge >= 0.3 is 0 Å². The molecule has 0 aliphatic rings. The molecule has 2 rings (SSSR count). The molecule has 96 valence electrons. The Morgan fingerprint density at radius 2 is 2.22 bits per heavy atom. The lowest BCUT2D eigenvalue weighted by molar-refractivity contribution is -0.119. The van der Waals surface area contributed by atoms with Crippen molar-refractivity contribution >= 4 is 22.5 Å². The van der Waals surface area contributed by atoms with Crippen LogP contribution in [0, 0.1) is 5.92 Å². The summed E-state index contributed by atoms with van der Waals surface area (Å²) in [6.45, 7) is 3.85. The first kappa shape index (κ1) is 12.4. The number of nitrogens with zero attached hydrogens (tertiary/aromatic N) is 1. The van der Waals surface area contributed by atoms with Crippen molar-refractivity contribution in [3.05, 3.63) is 28.6 Å². The van der Waals surface area contributed by atoms with Gasteiger partial charge in [0.05, 0.1) is 10.9 Å². The third-order valence-electron chi connectivity index (χ3n) is 3.20. The number of benzene rings is 1. The van der Waals surface area contributed by atoms with E-state index in [1.54, 1.807) is 23.9 Å². The van der Waals surface area contributed by atoms with E-state index >= 15 is 0 Å². The fourth-order valence-electron chi connectivity index (χ4n) is 1.81. The molecule has 1 amide bonds. The molecule has 0 bridgehead atoms. The Hall–Kier alpha value is -2.04. The minimum Gasteiger partial charge on any atom is -0.326 e. The molecule has 0 aliphatic heterocycles. The summed E-state index contributed by atoms with van der Waals surface area (Å²) in [5.41, 5.74) is 1.33. The largest absolute Gasteiger partial charge is 0.326 e. The number of hydrogen-bond acceptors (Lipinski definition) is 2. The number of aryl methyl sites for hydroxylation is 1. The van der Waals surface area contributed by atoms with Crippen molar-refractivity contribution in [2.24, 2.45) is 13.0 Å². The number of aromatic amines is 1. The molecule has 0 saturated carbocycles. The van der Waals surface area contributed by atoms with Gasteiger partial charge in [-0.3, -0.25) is 19.4 Å². The molecule has 1 aromatic carbocycles. The molecular weight excluding hydrogens is 230 g/mol. The number of rotatable bonds is 3. The third-order valence-corrected chi connectivity index (χ3v) is 3.20. The smallest absolute Gasteiger partial charge is 0.272 e. The number of H-pyrrole nitrogens is 1. The summed E-state index contributed by atoms with van der Waals surface area (Å²) in [5.74, 6) is -0.0565. The average Bonchev–Trinajstić information content (AvgIpc) is 2.63. The number of carbonyl (C=O) groups excluding carboxylic acids is 1. The number of anilines is 1. The van der Waals surface area contributed by atoms with Crippen molar-refractivity contribution < 1.29 is 4.79 Å². The summed E-state index contributed by atoms with van der Waals surface area (Å²) < 4.78 is 1.66. The van der Waals surface area contributed by atoms with E-state index in [1.165, 1.54) is 0 Å². The van der Waals surface area contributed by atoms with Crippen LogP contribution >= 0.6 is 0 Å². The van der Waals surface area contributed by atoms with Crippen molar-refractivity contribution in [2.75, 3.05) is 5.32 Å². The molecule has 18 heavy (non-hydrogen) atoms. The molecule has 0 spiro atoms. The first-order chi connectivity index (χ1) is 8.52. The van der Waals surface area contributed by atoms with Crippen molar-refractivity contribution in [1.29, 1.82) is 0 Å². The first-order valence-electron chi connectivity index (χ1n) is 6.02. The lowest BCUT2D eigenvalue weighted by atomic mass is 10.1. The van der Waals surface area contributed by atoms with E-state index in [0.717, 1.165) is 11.9 Å².